The molecule has 7 nitrogen and oxygen atoms in total. The van der Waals surface area contributed by atoms with E-state index in [4.69, 9.17) is 0 Å². The lowest BCUT2D eigenvalue weighted by molar-refractivity contribution is -0.137. The van der Waals surface area contributed by atoms with Crippen molar-refractivity contribution in [3.8, 4) is 0 Å². The van der Waals surface area contributed by atoms with E-state index < -0.39 is 17.3 Å². The Morgan fingerprint density at radius 3 is 2.75 bits per heavy atom. The van der Waals surface area contributed by atoms with Crippen molar-refractivity contribution in [3.63, 3.8) is 0 Å². The maximum absolute atomic E-state index is 13.3. The second-order valence-electron chi connectivity index (χ2n) is 7.11. The van der Waals surface area contributed by atoms with Crippen LogP contribution in [-0.4, -0.2) is 33.1 Å². The zero-order chi connectivity index (χ0) is 19.9. The van der Waals surface area contributed by atoms with E-state index in [-0.39, 0.29) is 30.6 Å². The van der Waals surface area contributed by atoms with Crippen molar-refractivity contribution in [2.75, 3.05) is 22.5 Å². The summed E-state index contributed by atoms with van der Waals surface area (Å²) >= 11 is 0. The number of halogens is 3. The van der Waals surface area contributed by atoms with Crippen LogP contribution in [0.3, 0.4) is 0 Å². The quantitative estimate of drug-likeness (QED) is 0.623. The average molecular weight is 393 g/mol. The summed E-state index contributed by atoms with van der Waals surface area (Å²) in [6, 6.07) is 5.10. The van der Waals surface area contributed by atoms with Gasteiger partial charge < -0.3 is 21.1 Å². The zero-order valence-electron chi connectivity index (χ0n) is 14.7. The van der Waals surface area contributed by atoms with Gasteiger partial charge in [-0.15, -0.1) is 0 Å². The third-order valence-electron chi connectivity index (χ3n) is 4.95. The summed E-state index contributed by atoms with van der Waals surface area (Å²) in [4.78, 5) is 19.2. The smallest absolute Gasteiger partial charge is 0.388 e. The summed E-state index contributed by atoms with van der Waals surface area (Å²) in [5.74, 6) is -0.519. The van der Waals surface area contributed by atoms with Gasteiger partial charge in [-0.05, 0) is 43.0 Å². The molecule has 1 aliphatic heterocycles. The molecule has 0 atom stereocenters. The first-order chi connectivity index (χ1) is 13.2. The molecule has 1 amide bonds. The predicted octanol–water partition coefficient (Wildman–Crippen LogP) is 3.06. The summed E-state index contributed by atoms with van der Waals surface area (Å²) in [5.41, 5.74) is 0.0525. The molecule has 0 radical (unpaired) electrons. The van der Waals surface area contributed by atoms with Crippen molar-refractivity contribution >= 4 is 29.0 Å². The molecule has 10 heteroatoms. The van der Waals surface area contributed by atoms with Crippen molar-refractivity contribution in [2.24, 2.45) is 0 Å². The zero-order valence-corrected chi connectivity index (χ0v) is 14.7. The van der Waals surface area contributed by atoms with Crippen molar-refractivity contribution in [3.05, 3.63) is 35.5 Å². The molecule has 0 spiro atoms. The molecule has 4 N–H and O–H groups in total. The number of hydrogen-bond donors (Lipinski definition) is 4. The van der Waals surface area contributed by atoms with Gasteiger partial charge in [0, 0.05) is 24.1 Å². The highest BCUT2D eigenvalue weighted by Crippen LogP contribution is 2.36. The number of aromatic nitrogens is 2. The second kappa shape index (κ2) is 6.62. The van der Waals surface area contributed by atoms with Crippen molar-refractivity contribution in [1.82, 2.24) is 9.97 Å². The standard InChI is InChI=1S/C18H18F3N5O2/c19-18(20,21)12-8-22-16(26-15(12)23-9-17(28)4-1-5-17)24-11-2-3-13-10(6-11)7-14(27)25-13/h2-3,6,8,28H,1,4-5,7,9H2,(H,25,27)(H2,22,23,24,26). The van der Waals surface area contributed by atoms with E-state index in [1.54, 1.807) is 18.2 Å². The Bertz CT molecular complexity index is 928. The molecule has 1 aliphatic carbocycles. The number of nitrogens with one attached hydrogen (secondary N) is 3. The van der Waals surface area contributed by atoms with E-state index in [2.05, 4.69) is 25.9 Å². The summed E-state index contributed by atoms with van der Waals surface area (Å²) in [6.07, 6.45) is -1.75. The van der Waals surface area contributed by atoms with Gasteiger partial charge in [-0.3, -0.25) is 4.79 Å². The minimum atomic E-state index is -4.62. The summed E-state index contributed by atoms with van der Waals surface area (Å²) < 4.78 is 39.8. The highest BCUT2D eigenvalue weighted by Gasteiger charge is 2.38. The number of amides is 1. The van der Waals surface area contributed by atoms with Gasteiger partial charge >= 0.3 is 6.18 Å². The van der Waals surface area contributed by atoms with E-state index in [9.17, 15) is 23.1 Å². The second-order valence-corrected chi connectivity index (χ2v) is 7.11. The Balaban J connectivity index is 1.56. The Morgan fingerprint density at radius 2 is 2.07 bits per heavy atom. The first kappa shape index (κ1) is 18.5. The highest BCUT2D eigenvalue weighted by molar-refractivity contribution is 5.99. The van der Waals surface area contributed by atoms with Crippen LogP contribution < -0.4 is 16.0 Å². The Kier molecular flexibility index (Phi) is 4.37. The Morgan fingerprint density at radius 1 is 1.29 bits per heavy atom. The number of fused-ring (bicyclic) bond motifs is 1. The molecular weight excluding hydrogens is 375 g/mol. The minimum absolute atomic E-state index is 0.0147. The first-order valence-electron chi connectivity index (χ1n) is 8.82. The number of carbonyl (C=O) groups excluding carboxylic acids is 1. The molecule has 1 aromatic carbocycles. The fraction of sp³-hybridized carbons (Fsp3) is 0.389. The van der Waals surface area contributed by atoms with E-state index >= 15 is 0 Å². The number of nitrogens with zero attached hydrogens (tertiary/aromatic N) is 2. The molecule has 0 saturated heterocycles. The molecule has 4 rings (SSSR count). The molecule has 1 fully saturated rings. The fourth-order valence-corrected chi connectivity index (χ4v) is 3.23. The molecule has 1 saturated carbocycles. The van der Waals surface area contributed by atoms with E-state index in [0.717, 1.165) is 12.0 Å². The topological polar surface area (TPSA) is 99.2 Å². The third kappa shape index (κ3) is 3.72. The number of carbonyl (C=O) groups is 1. The van der Waals surface area contributed by atoms with Crippen LogP contribution in [0.1, 0.15) is 30.4 Å². The lowest BCUT2D eigenvalue weighted by atomic mass is 9.80. The minimum Gasteiger partial charge on any atom is -0.388 e. The van der Waals surface area contributed by atoms with Crippen LogP contribution >= 0.6 is 0 Å². The molecule has 2 heterocycles. The van der Waals surface area contributed by atoms with Crippen LogP contribution in [0.2, 0.25) is 0 Å². The summed E-state index contributed by atoms with van der Waals surface area (Å²) in [6.45, 7) is -0.0147. The summed E-state index contributed by atoms with van der Waals surface area (Å²) in [7, 11) is 0. The van der Waals surface area contributed by atoms with Gasteiger partial charge in [0.25, 0.3) is 0 Å². The molecule has 0 unspecified atom stereocenters. The maximum atomic E-state index is 13.3. The number of benzene rings is 1. The lowest BCUT2D eigenvalue weighted by Gasteiger charge is -2.36. The van der Waals surface area contributed by atoms with Crippen molar-refractivity contribution < 1.29 is 23.1 Å². The monoisotopic (exact) mass is 393 g/mol. The van der Waals surface area contributed by atoms with Crippen LogP contribution in [0, 0.1) is 0 Å². The summed E-state index contributed by atoms with van der Waals surface area (Å²) in [5, 5.41) is 18.3. The van der Waals surface area contributed by atoms with Gasteiger partial charge in [0.15, 0.2) is 0 Å². The molecule has 28 heavy (non-hydrogen) atoms. The number of rotatable bonds is 5. The fourth-order valence-electron chi connectivity index (χ4n) is 3.23. The Hall–Kier alpha value is -2.88. The highest BCUT2D eigenvalue weighted by atomic mass is 19.4. The number of hydrogen-bond acceptors (Lipinski definition) is 6. The van der Waals surface area contributed by atoms with Crippen molar-refractivity contribution in [2.45, 2.75) is 37.5 Å². The Labute approximate surface area is 158 Å². The van der Waals surface area contributed by atoms with Crippen LogP contribution in [-0.2, 0) is 17.4 Å². The van der Waals surface area contributed by atoms with Crippen molar-refractivity contribution in [1.29, 1.82) is 0 Å². The predicted molar refractivity (Wildman–Crippen MR) is 96.4 cm³/mol. The average Bonchev–Trinajstić information content (AvgIpc) is 2.97. The van der Waals surface area contributed by atoms with Crippen LogP contribution in [0.5, 0.6) is 0 Å². The molecule has 1 aromatic heterocycles. The van der Waals surface area contributed by atoms with Crippen LogP contribution in [0.25, 0.3) is 0 Å². The van der Waals surface area contributed by atoms with Crippen LogP contribution in [0.4, 0.5) is 36.3 Å². The van der Waals surface area contributed by atoms with Gasteiger partial charge in [-0.1, -0.05) is 0 Å². The number of anilines is 4. The molecule has 0 bridgehead atoms. The normalized spacial score (nSPS) is 17.5. The molecule has 2 aliphatic rings. The molecule has 148 valence electrons. The molecular formula is C18H18F3N5O2. The van der Waals surface area contributed by atoms with Gasteiger partial charge in [0.2, 0.25) is 11.9 Å². The number of alkyl halides is 3. The van der Waals surface area contributed by atoms with Gasteiger partial charge in [0.1, 0.15) is 11.4 Å². The van der Waals surface area contributed by atoms with Gasteiger partial charge in [-0.25, -0.2) is 4.98 Å². The first-order valence-corrected chi connectivity index (χ1v) is 8.82. The SMILES string of the molecule is O=C1Cc2cc(Nc3ncc(C(F)(F)F)c(NCC4(O)CCC4)n3)ccc2N1. The van der Waals surface area contributed by atoms with Gasteiger partial charge in [0.05, 0.1) is 12.0 Å². The lowest BCUT2D eigenvalue weighted by Crippen LogP contribution is -2.43. The third-order valence-corrected chi connectivity index (χ3v) is 4.95. The number of aliphatic hydroxyl groups is 1. The van der Waals surface area contributed by atoms with E-state index in [1.807, 2.05) is 0 Å². The van der Waals surface area contributed by atoms with E-state index in [1.165, 1.54) is 0 Å². The van der Waals surface area contributed by atoms with E-state index in [0.29, 0.717) is 30.4 Å². The maximum Gasteiger partial charge on any atom is 0.421 e. The van der Waals surface area contributed by atoms with Crippen LogP contribution in [0.15, 0.2) is 24.4 Å². The molecule has 2 aromatic rings. The van der Waals surface area contributed by atoms with Gasteiger partial charge in [-0.2, -0.15) is 18.2 Å². The largest absolute Gasteiger partial charge is 0.421 e.